The van der Waals surface area contributed by atoms with E-state index in [-0.39, 0.29) is 0 Å². The standard InChI is InChI=1S/C11H12ClF2N5/c1-19(7-11(12,13)14)6-8-3-2-4-9(5-8)10-15-17-18-16-10/h2-5H,6-7H2,1H3,(H,15,16,17,18). The average molecular weight is 288 g/mol. The summed E-state index contributed by atoms with van der Waals surface area (Å²) in [6, 6.07) is 7.30. The molecule has 1 N–H and O–H groups in total. The number of tetrazole rings is 1. The van der Waals surface area contributed by atoms with Crippen LogP contribution in [-0.2, 0) is 6.54 Å². The van der Waals surface area contributed by atoms with Crippen molar-refractivity contribution in [3.63, 3.8) is 0 Å². The molecule has 0 fully saturated rings. The summed E-state index contributed by atoms with van der Waals surface area (Å²) < 4.78 is 25.3. The van der Waals surface area contributed by atoms with Crippen LogP contribution < -0.4 is 0 Å². The van der Waals surface area contributed by atoms with Crippen LogP contribution >= 0.6 is 11.6 Å². The van der Waals surface area contributed by atoms with Gasteiger partial charge in [-0.25, -0.2) is 0 Å². The number of rotatable bonds is 5. The Balaban J connectivity index is 2.07. The van der Waals surface area contributed by atoms with Crippen molar-refractivity contribution < 1.29 is 8.78 Å². The third kappa shape index (κ3) is 4.22. The highest BCUT2D eigenvalue weighted by molar-refractivity contribution is 6.21. The van der Waals surface area contributed by atoms with E-state index in [1.165, 1.54) is 4.90 Å². The smallest absolute Gasteiger partial charge is 0.295 e. The fourth-order valence-corrected chi connectivity index (χ4v) is 1.97. The molecule has 0 atom stereocenters. The molecular weight excluding hydrogens is 276 g/mol. The van der Waals surface area contributed by atoms with Crippen LogP contribution in [0.1, 0.15) is 5.56 Å². The van der Waals surface area contributed by atoms with Gasteiger partial charge in [-0.2, -0.15) is 14.0 Å². The third-order valence-corrected chi connectivity index (χ3v) is 2.55. The maximum Gasteiger partial charge on any atom is 0.334 e. The van der Waals surface area contributed by atoms with Gasteiger partial charge >= 0.3 is 5.38 Å². The fourth-order valence-electron chi connectivity index (χ4n) is 1.77. The van der Waals surface area contributed by atoms with Crippen LogP contribution in [0.5, 0.6) is 0 Å². The van der Waals surface area contributed by atoms with E-state index in [2.05, 4.69) is 20.6 Å². The Labute approximate surface area is 113 Å². The number of aromatic amines is 1. The molecule has 1 aromatic carbocycles. The molecule has 0 aliphatic carbocycles. The van der Waals surface area contributed by atoms with E-state index in [1.807, 2.05) is 24.3 Å². The lowest BCUT2D eigenvalue weighted by Crippen LogP contribution is -2.29. The van der Waals surface area contributed by atoms with Gasteiger partial charge in [0.15, 0.2) is 0 Å². The lowest BCUT2D eigenvalue weighted by molar-refractivity contribution is 0.0541. The van der Waals surface area contributed by atoms with Gasteiger partial charge in [0.25, 0.3) is 0 Å². The summed E-state index contributed by atoms with van der Waals surface area (Å²) in [5.74, 6) is 0.465. The molecule has 2 rings (SSSR count). The van der Waals surface area contributed by atoms with Gasteiger partial charge < -0.3 is 0 Å². The first-order chi connectivity index (χ1) is 8.94. The van der Waals surface area contributed by atoms with Gasteiger partial charge in [0.1, 0.15) is 0 Å². The number of halogens is 3. The van der Waals surface area contributed by atoms with Crippen LogP contribution in [0, 0.1) is 0 Å². The Bertz CT molecular complexity index is 526. The highest BCUT2D eigenvalue weighted by Crippen LogP contribution is 2.21. The monoisotopic (exact) mass is 287 g/mol. The highest BCUT2D eigenvalue weighted by Gasteiger charge is 2.26. The Morgan fingerprint density at radius 2 is 2.21 bits per heavy atom. The molecule has 19 heavy (non-hydrogen) atoms. The molecule has 2 aromatic rings. The van der Waals surface area contributed by atoms with E-state index < -0.39 is 11.9 Å². The number of nitrogens with one attached hydrogen (secondary N) is 1. The molecule has 5 nitrogen and oxygen atoms in total. The van der Waals surface area contributed by atoms with Gasteiger partial charge in [-0.1, -0.05) is 18.2 Å². The second kappa shape index (κ2) is 5.58. The Morgan fingerprint density at radius 1 is 1.42 bits per heavy atom. The molecule has 0 saturated heterocycles. The maximum atomic E-state index is 12.7. The first-order valence-corrected chi connectivity index (χ1v) is 5.90. The van der Waals surface area contributed by atoms with E-state index in [1.54, 1.807) is 7.05 Å². The molecule has 0 unspecified atom stereocenters. The predicted molar refractivity (Wildman–Crippen MR) is 66.7 cm³/mol. The molecular formula is C11H12ClF2N5. The van der Waals surface area contributed by atoms with Gasteiger partial charge in [-0.05, 0) is 35.5 Å². The number of aromatic nitrogens is 4. The number of nitrogens with zero attached hydrogens (tertiary/aromatic N) is 4. The predicted octanol–water partition coefficient (Wildman–Crippen LogP) is 2.13. The second-order valence-electron chi connectivity index (χ2n) is 4.22. The first kappa shape index (κ1) is 13.8. The summed E-state index contributed by atoms with van der Waals surface area (Å²) in [6.07, 6.45) is 0. The lowest BCUT2D eigenvalue weighted by Gasteiger charge is -2.19. The van der Waals surface area contributed by atoms with Crippen molar-refractivity contribution in [2.75, 3.05) is 13.6 Å². The van der Waals surface area contributed by atoms with Crippen molar-refractivity contribution in [1.82, 2.24) is 25.5 Å². The molecule has 0 aliphatic heterocycles. The molecule has 0 amide bonds. The van der Waals surface area contributed by atoms with Crippen LogP contribution in [-0.4, -0.2) is 44.5 Å². The molecule has 0 radical (unpaired) electrons. The van der Waals surface area contributed by atoms with E-state index in [0.717, 1.165) is 11.1 Å². The molecule has 1 heterocycles. The van der Waals surface area contributed by atoms with E-state index >= 15 is 0 Å². The number of hydrogen-bond acceptors (Lipinski definition) is 4. The third-order valence-electron chi connectivity index (χ3n) is 2.43. The van der Waals surface area contributed by atoms with Crippen molar-refractivity contribution in [2.45, 2.75) is 11.9 Å². The van der Waals surface area contributed by atoms with Gasteiger partial charge in [0, 0.05) is 12.1 Å². The van der Waals surface area contributed by atoms with Crippen LogP contribution in [0.4, 0.5) is 8.78 Å². The zero-order valence-corrected chi connectivity index (χ0v) is 10.9. The molecule has 102 valence electrons. The normalized spacial score (nSPS) is 12.1. The van der Waals surface area contributed by atoms with Crippen LogP contribution in [0.15, 0.2) is 24.3 Å². The number of alkyl halides is 3. The van der Waals surface area contributed by atoms with Crippen LogP contribution in [0.2, 0.25) is 0 Å². The topological polar surface area (TPSA) is 57.7 Å². The summed E-state index contributed by atoms with van der Waals surface area (Å²) in [5, 5.41) is 10.3. The lowest BCUT2D eigenvalue weighted by atomic mass is 10.1. The summed E-state index contributed by atoms with van der Waals surface area (Å²) in [4.78, 5) is 1.45. The zero-order valence-electron chi connectivity index (χ0n) is 10.1. The minimum Gasteiger partial charge on any atom is -0.295 e. The molecule has 0 aliphatic rings. The molecule has 0 spiro atoms. The molecule has 1 aromatic heterocycles. The largest absolute Gasteiger partial charge is 0.334 e. The molecule has 0 bridgehead atoms. The zero-order chi connectivity index (χ0) is 13.9. The van der Waals surface area contributed by atoms with E-state index in [9.17, 15) is 8.78 Å². The Morgan fingerprint density at radius 3 is 2.84 bits per heavy atom. The summed E-state index contributed by atoms with van der Waals surface area (Å²) in [5.41, 5.74) is 1.64. The SMILES string of the molecule is CN(Cc1cccc(-c2nn[nH]n2)c1)CC(F)(F)Cl. The summed E-state index contributed by atoms with van der Waals surface area (Å²) in [7, 11) is 1.58. The van der Waals surface area contributed by atoms with Crippen molar-refractivity contribution in [1.29, 1.82) is 0 Å². The maximum absolute atomic E-state index is 12.7. The first-order valence-electron chi connectivity index (χ1n) is 5.52. The van der Waals surface area contributed by atoms with Gasteiger partial charge in [-0.15, -0.1) is 10.2 Å². The van der Waals surface area contributed by atoms with Gasteiger partial charge in [0.05, 0.1) is 6.54 Å². The Kier molecular flexibility index (Phi) is 4.06. The van der Waals surface area contributed by atoms with Crippen molar-refractivity contribution in [2.24, 2.45) is 0 Å². The van der Waals surface area contributed by atoms with Gasteiger partial charge in [-0.3, -0.25) is 4.90 Å². The van der Waals surface area contributed by atoms with Crippen molar-refractivity contribution in [3.05, 3.63) is 29.8 Å². The fraction of sp³-hybridized carbons (Fsp3) is 0.364. The summed E-state index contributed by atoms with van der Waals surface area (Å²) in [6.45, 7) is -0.158. The highest BCUT2D eigenvalue weighted by atomic mass is 35.5. The van der Waals surface area contributed by atoms with E-state index in [0.29, 0.717) is 12.4 Å². The van der Waals surface area contributed by atoms with Gasteiger partial charge in [0.2, 0.25) is 5.82 Å². The number of benzene rings is 1. The minimum atomic E-state index is -3.22. The van der Waals surface area contributed by atoms with Crippen LogP contribution in [0.3, 0.4) is 0 Å². The molecule has 0 saturated carbocycles. The average Bonchev–Trinajstić information content (AvgIpc) is 2.79. The van der Waals surface area contributed by atoms with E-state index in [4.69, 9.17) is 11.6 Å². The Hall–Kier alpha value is -1.60. The van der Waals surface area contributed by atoms with Crippen molar-refractivity contribution in [3.8, 4) is 11.4 Å². The van der Waals surface area contributed by atoms with Crippen molar-refractivity contribution >= 4 is 11.6 Å². The minimum absolute atomic E-state index is 0.355. The number of H-pyrrole nitrogens is 1. The van der Waals surface area contributed by atoms with Crippen LogP contribution in [0.25, 0.3) is 11.4 Å². The molecule has 8 heteroatoms. The summed E-state index contributed by atoms with van der Waals surface area (Å²) >= 11 is 4.90. The second-order valence-corrected chi connectivity index (χ2v) is 4.78. The quantitative estimate of drug-likeness (QED) is 0.856. The number of hydrogen-bond donors (Lipinski definition) is 1.